The summed E-state index contributed by atoms with van der Waals surface area (Å²) in [6.45, 7) is -0.278. The van der Waals surface area contributed by atoms with Crippen molar-refractivity contribution < 1.29 is 29.4 Å². The van der Waals surface area contributed by atoms with Crippen molar-refractivity contribution in [1.29, 1.82) is 0 Å². The van der Waals surface area contributed by atoms with Gasteiger partial charge in [0.25, 0.3) is 0 Å². The van der Waals surface area contributed by atoms with Gasteiger partial charge in [0.05, 0.1) is 6.54 Å². The first-order valence-corrected chi connectivity index (χ1v) is 3.06. The normalized spacial score (nSPS) is 7.79. The lowest BCUT2D eigenvalue weighted by atomic mass is 10.6. The minimum absolute atomic E-state index is 0.278. The molecule has 7 N–H and O–H groups in total. The summed E-state index contributed by atoms with van der Waals surface area (Å²) >= 11 is 0. The molecule has 0 fully saturated rings. The molecule has 0 rings (SSSR count). The van der Waals surface area contributed by atoms with Crippen LogP contribution in [0.15, 0.2) is 0 Å². The van der Waals surface area contributed by atoms with Gasteiger partial charge in [-0.1, -0.05) is 0 Å². The molecule has 80 valence electrons. The number of carbonyl (C=O) groups is 4. The highest BCUT2D eigenvalue weighted by Crippen LogP contribution is 1.63. The molecule has 14 heavy (non-hydrogen) atoms. The number of nitrogens with two attached hydrogens (primary N) is 2. The Morgan fingerprint density at radius 2 is 1.50 bits per heavy atom. The number of carbonyl (C=O) groups excluding carboxylic acids is 2. The molecule has 0 unspecified atom stereocenters. The van der Waals surface area contributed by atoms with Crippen molar-refractivity contribution in [3.63, 3.8) is 0 Å². The number of amides is 3. The summed E-state index contributed by atoms with van der Waals surface area (Å²) in [5.74, 6) is -4.14. The summed E-state index contributed by atoms with van der Waals surface area (Å²) in [4.78, 5) is 38.5. The Bertz CT molecular complexity index is 250. The maximum absolute atomic E-state index is 9.94. The van der Waals surface area contributed by atoms with E-state index >= 15 is 0 Å². The fourth-order valence-corrected chi connectivity index (χ4v) is 0.165. The lowest BCUT2D eigenvalue weighted by Gasteiger charge is -1.90. The number of nitrogens with one attached hydrogen (secondary N) is 1. The first kappa shape index (κ1) is 14.4. The molecular weight excluding hydrogens is 198 g/mol. The van der Waals surface area contributed by atoms with Crippen LogP contribution in [0, 0.1) is 0 Å². The van der Waals surface area contributed by atoms with Crippen LogP contribution in [0.5, 0.6) is 0 Å². The molecule has 0 heterocycles. The smallest absolute Gasteiger partial charge is 0.394 e. The zero-order chi connectivity index (χ0) is 11.7. The Balaban J connectivity index is 0. The number of carboxylic acid groups (broad SMARTS) is 2. The zero-order valence-electron chi connectivity index (χ0n) is 6.89. The van der Waals surface area contributed by atoms with Gasteiger partial charge in [-0.2, -0.15) is 0 Å². The SMILES string of the molecule is NC(=O)NC(=O)C(=O)O.NCC(=O)O. The van der Waals surface area contributed by atoms with Crippen molar-refractivity contribution in [2.45, 2.75) is 0 Å². The van der Waals surface area contributed by atoms with Gasteiger partial charge in [-0.3, -0.25) is 14.9 Å². The molecule has 3 amide bonds. The molecular formula is C5H9N3O6. The van der Waals surface area contributed by atoms with Crippen molar-refractivity contribution >= 4 is 23.9 Å². The van der Waals surface area contributed by atoms with Crippen molar-refractivity contribution in [2.24, 2.45) is 11.5 Å². The number of hydrogen-bond acceptors (Lipinski definition) is 5. The average Bonchev–Trinajstić information content (AvgIpc) is 2.04. The van der Waals surface area contributed by atoms with Gasteiger partial charge in [-0.05, 0) is 0 Å². The van der Waals surface area contributed by atoms with Crippen molar-refractivity contribution in [2.75, 3.05) is 6.54 Å². The van der Waals surface area contributed by atoms with E-state index in [1.165, 1.54) is 5.32 Å². The van der Waals surface area contributed by atoms with Crippen LogP contribution in [0.1, 0.15) is 0 Å². The lowest BCUT2D eigenvalue weighted by Crippen LogP contribution is -2.39. The molecule has 9 nitrogen and oxygen atoms in total. The molecule has 9 heteroatoms. The molecule has 0 atom stereocenters. The summed E-state index contributed by atoms with van der Waals surface area (Å²) < 4.78 is 0. The van der Waals surface area contributed by atoms with Crippen LogP contribution >= 0.6 is 0 Å². The second-order valence-electron chi connectivity index (χ2n) is 1.72. The molecule has 0 aromatic heterocycles. The molecule has 0 saturated carbocycles. The van der Waals surface area contributed by atoms with Crippen LogP contribution < -0.4 is 16.8 Å². The summed E-state index contributed by atoms with van der Waals surface area (Å²) in [5.41, 5.74) is 8.97. The second kappa shape index (κ2) is 7.49. The summed E-state index contributed by atoms with van der Waals surface area (Å²) in [6.07, 6.45) is 0. The van der Waals surface area contributed by atoms with E-state index in [9.17, 15) is 19.2 Å². The van der Waals surface area contributed by atoms with Gasteiger partial charge in [-0.15, -0.1) is 0 Å². The van der Waals surface area contributed by atoms with Crippen LogP contribution in [-0.4, -0.2) is 40.6 Å². The van der Waals surface area contributed by atoms with Crippen molar-refractivity contribution in [1.82, 2.24) is 5.32 Å². The predicted octanol–water partition coefficient (Wildman–Crippen LogP) is -2.70. The second-order valence-corrected chi connectivity index (χ2v) is 1.72. The Hall–Kier alpha value is -2.16. The largest absolute Gasteiger partial charge is 0.480 e. The average molecular weight is 207 g/mol. The van der Waals surface area contributed by atoms with Crippen LogP contribution in [-0.2, 0) is 14.4 Å². The van der Waals surface area contributed by atoms with Crippen LogP contribution in [0.25, 0.3) is 0 Å². The molecule has 0 aliphatic heterocycles. The van der Waals surface area contributed by atoms with Crippen LogP contribution in [0.3, 0.4) is 0 Å². The highest BCUT2D eigenvalue weighted by molar-refractivity contribution is 6.34. The third-order valence-electron chi connectivity index (χ3n) is 0.606. The topological polar surface area (TPSA) is 173 Å². The number of urea groups is 1. The number of primary amides is 1. The molecule has 0 saturated heterocycles. The maximum Gasteiger partial charge on any atom is 0.394 e. The number of rotatable bonds is 1. The van der Waals surface area contributed by atoms with E-state index in [1.54, 1.807) is 0 Å². The van der Waals surface area contributed by atoms with Crippen molar-refractivity contribution in [3.05, 3.63) is 0 Å². The van der Waals surface area contributed by atoms with E-state index in [-0.39, 0.29) is 6.54 Å². The quantitative estimate of drug-likeness (QED) is 0.290. The minimum Gasteiger partial charge on any atom is -0.480 e. The first-order chi connectivity index (χ1) is 6.31. The highest BCUT2D eigenvalue weighted by atomic mass is 16.4. The molecule has 0 aliphatic rings. The minimum atomic E-state index is -1.74. The summed E-state index contributed by atoms with van der Waals surface area (Å²) in [6, 6.07) is -1.18. The predicted molar refractivity (Wildman–Crippen MR) is 42.1 cm³/mol. The van der Waals surface area contributed by atoms with Gasteiger partial charge >= 0.3 is 23.9 Å². The van der Waals surface area contributed by atoms with Crippen LogP contribution in [0.4, 0.5) is 4.79 Å². The van der Waals surface area contributed by atoms with E-state index in [0.717, 1.165) is 0 Å². The Morgan fingerprint density at radius 1 is 1.14 bits per heavy atom. The van der Waals surface area contributed by atoms with Gasteiger partial charge in [-0.25, -0.2) is 9.59 Å². The third-order valence-corrected chi connectivity index (χ3v) is 0.606. The molecule has 0 aromatic carbocycles. The first-order valence-electron chi connectivity index (χ1n) is 3.06. The zero-order valence-corrected chi connectivity index (χ0v) is 6.89. The molecule has 0 aromatic rings. The Morgan fingerprint density at radius 3 is 1.57 bits per heavy atom. The summed E-state index contributed by atoms with van der Waals surface area (Å²) in [5, 5.41) is 16.8. The van der Waals surface area contributed by atoms with E-state index < -0.39 is 23.9 Å². The van der Waals surface area contributed by atoms with E-state index in [0.29, 0.717) is 0 Å². The molecule has 0 radical (unpaired) electrons. The molecule has 0 aliphatic carbocycles. The summed E-state index contributed by atoms with van der Waals surface area (Å²) in [7, 11) is 0. The number of hydrogen-bond donors (Lipinski definition) is 5. The number of aliphatic carboxylic acids is 2. The van der Waals surface area contributed by atoms with E-state index in [1.807, 2.05) is 0 Å². The van der Waals surface area contributed by atoms with Crippen molar-refractivity contribution in [3.8, 4) is 0 Å². The van der Waals surface area contributed by atoms with Gasteiger partial charge in [0.15, 0.2) is 0 Å². The van der Waals surface area contributed by atoms with Gasteiger partial charge in [0.1, 0.15) is 0 Å². The fourth-order valence-electron chi connectivity index (χ4n) is 0.165. The maximum atomic E-state index is 9.94. The highest BCUT2D eigenvalue weighted by Gasteiger charge is 2.11. The van der Waals surface area contributed by atoms with Crippen LogP contribution in [0.2, 0.25) is 0 Å². The van der Waals surface area contributed by atoms with Gasteiger partial charge in [0.2, 0.25) is 0 Å². The van der Waals surface area contributed by atoms with E-state index in [4.69, 9.17) is 10.2 Å². The molecule has 0 spiro atoms. The van der Waals surface area contributed by atoms with Gasteiger partial charge in [0, 0.05) is 0 Å². The number of imide groups is 1. The lowest BCUT2D eigenvalue weighted by molar-refractivity contribution is -0.149. The standard InChI is InChI=1S/C3H4N2O4.C2H5NO2/c4-3(9)5-1(6)2(7)8;3-1-2(4)5/h(H,7,8)(H3,4,5,6,9);1,3H2,(H,4,5). The van der Waals surface area contributed by atoms with Gasteiger partial charge < -0.3 is 21.7 Å². The third kappa shape index (κ3) is 12.5. The molecule has 0 bridgehead atoms. The number of carboxylic acids is 2. The monoisotopic (exact) mass is 207 g/mol. The fraction of sp³-hybridized carbons (Fsp3) is 0.200. The Kier molecular flexibility index (Phi) is 7.68. The Labute approximate surface area is 77.7 Å². The van der Waals surface area contributed by atoms with E-state index in [2.05, 4.69) is 11.5 Å².